The molecule has 0 aliphatic carbocycles. The van der Waals surface area contributed by atoms with Crippen LogP contribution in [0.15, 0.2) is 43.5 Å². The topological polar surface area (TPSA) is 106 Å². The monoisotopic (exact) mass is 512 g/mol. The summed E-state index contributed by atoms with van der Waals surface area (Å²) in [6, 6.07) is 3.05. The number of hydrogen-bond donors (Lipinski definition) is 0. The molecule has 13 heteroatoms. The number of aromatic nitrogens is 6. The lowest BCUT2D eigenvalue weighted by Gasteiger charge is -2.35. The normalized spacial score (nSPS) is 13.7. The molecule has 0 fully saturated rings. The lowest BCUT2D eigenvalue weighted by molar-refractivity contribution is -0.0217. The summed E-state index contributed by atoms with van der Waals surface area (Å²) in [4.78, 5) is 7.84. The second-order valence-electron chi connectivity index (χ2n) is 8.13. The zero-order valence-corrected chi connectivity index (χ0v) is 20.8. The van der Waals surface area contributed by atoms with Crippen LogP contribution in [0.5, 0.6) is 0 Å². The molecule has 0 saturated heterocycles. The molecule has 10 nitrogen and oxygen atoms in total. The van der Waals surface area contributed by atoms with Crippen LogP contribution in [0.4, 0.5) is 8.78 Å². The molecule has 0 aliphatic heterocycles. The third-order valence-electron chi connectivity index (χ3n) is 5.45. The van der Waals surface area contributed by atoms with Gasteiger partial charge in [0.2, 0.25) is 0 Å². The minimum atomic E-state index is -4.20. The van der Waals surface area contributed by atoms with Crippen molar-refractivity contribution in [3.05, 3.63) is 60.7 Å². The molecule has 0 amide bonds. The van der Waals surface area contributed by atoms with Gasteiger partial charge in [-0.2, -0.15) is 10.2 Å². The van der Waals surface area contributed by atoms with Crippen molar-refractivity contribution < 1.29 is 26.9 Å². The zero-order chi connectivity index (χ0) is 25.2. The van der Waals surface area contributed by atoms with E-state index in [4.69, 9.17) is 13.6 Å². The number of phosphoric ester groups is 1. The Labute approximate surface area is 203 Å². The Bertz CT molecular complexity index is 1030. The molecule has 0 N–H and O–H groups in total. The van der Waals surface area contributed by atoms with Gasteiger partial charge in [0, 0.05) is 18.7 Å². The van der Waals surface area contributed by atoms with Gasteiger partial charge in [0.15, 0.2) is 0 Å². The highest BCUT2D eigenvalue weighted by Crippen LogP contribution is 2.55. The van der Waals surface area contributed by atoms with E-state index in [1.807, 2.05) is 0 Å². The van der Waals surface area contributed by atoms with Gasteiger partial charge in [0.25, 0.3) is 0 Å². The summed E-state index contributed by atoms with van der Waals surface area (Å²) in [6.07, 6.45) is 11.4. The van der Waals surface area contributed by atoms with Crippen LogP contribution in [0, 0.1) is 11.6 Å². The molecule has 2 aromatic heterocycles. The van der Waals surface area contributed by atoms with Crippen LogP contribution in [-0.2, 0) is 36.8 Å². The Morgan fingerprint density at radius 1 is 0.971 bits per heavy atom. The molecular weight excluding hydrogens is 481 g/mol. The van der Waals surface area contributed by atoms with Gasteiger partial charge < -0.3 is 0 Å². The predicted molar refractivity (Wildman–Crippen MR) is 123 cm³/mol. The summed E-state index contributed by atoms with van der Waals surface area (Å²) in [5.41, 5.74) is -1.81. The van der Waals surface area contributed by atoms with Crippen LogP contribution in [0.2, 0.25) is 0 Å². The maximum Gasteiger partial charge on any atom is 0.475 e. The second kappa shape index (κ2) is 13.0. The van der Waals surface area contributed by atoms with Crippen LogP contribution in [0.25, 0.3) is 0 Å². The lowest BCUT2D eigenvalue weighted by atomic mass is 9.93. The number of benzene rings is 1. The fraction of sp³-hybridized carbons (Fsp3) is 0.545. The Hall–Kier alpha value is -2.53. The molecule has 192 valence electrons. The summed E-state index contributed by atoms with van der Waals surface area (Å²) in [5.74, 6) is -1.67. The third-order valence-corrected chi connectivity index (χ3v) is 6.97. The van der Waals surface area contributed by atoms with E-state index in [1.165, 1.54) is 47.8 Å². The van der Waals surface area contributed by atoms with Crippen LogP contribution < -0.4 is 0 Å². The molecule has 1 atom stereocenters. The van der Waals surface area contributed by atoms with E-state index in [9.17, 15) is 8.96 Å². The van der Waals surface area contributed by atoms with Gasteiger partial charge in [-0.05, 0) is 12.5 Å². The molecule has 1 unspecified atom stereocenters. The van der Waals surface area contributed by atoms with Crippen molar-refractivity contribution in [1.82, 2.24) is 29.5 Å². The smallest absolute Gasteiger partial charge is 0.290 e. The standard InChI is InChI=1S/C22H31F2N6O4P/c1-3-4-5-6-7-8-11-33-35(31,32-2)34-22(13-29-17-25-15-27-29,14-30-18-26-16-28-30)20-10-9-19(23)12-21(20)24/h9-10,12,15-18H,3-8,11,13-14H2,1-2H3. The van der Waals surface area contributed by atoms with Gasteiger partial charge in [0.1, 0.15) is 42.5 Å². The van der Waals surface area contributed by atoms with Gasteiger partial charge in [-0.15, -0.1) is 0 Å². The Morgan fingerprint density at radius 3 is 2.14 bits per heavy atom. The first-order chi connectivity index (χ1) is 16.9. The van der Waals surface area contributed by atoms with Crippen molar-refractivity contribution in [1.29, 1.82) is 0 Å². The quantitative estimate of drug-likeness (QED) is 0.197. The third kappa shape index (κ3) is 7.73. The molecule has 3 rings (SSSR count). The van der Waals surface area contributed by atoms with Gasteiger partial charge in [0.05, 0.1) is 19.7 Å². The maximum absolute atomic E-state index is 15.2. The van der Waals surface area contributed by atoms with Crippen molar-refractivity contribution in [3.63, 3.8) is 0 Å². The van der Waals surface area contributed by atoms with Crippen LogP contribution in [0.3, 0.4) is 0 Å². The van der Waals surface area contributed by atoms with Crippen LogP contribution >= 0.6 is 7.82 Å². The summed E-state index contributed by atoms with van der Waals surface area (Å²) >= 11 is 0. The summed E-state index contributed by atoms with van der Waals surface area (Å²) in [7, 11) is -3.01. The summed E-state index contributed by atoms with van der Waals surface area (Å²) < 4.78 is 62.1. The molecule has 0 saturated carbocycles. The fourth-order valence-electron chi connectivity index (χ4n) is 3.73. The highest BCUT2D eigenvalue weighted by molar-refractivity contribution is 7.48. The SMILES string of the molecule is CCCCCCCCOP(=O)(OC)OC(Cn1cncn1)(Cn1cncn1)c1ccc(F)cc1F. The average Bonchev–Trinajstić information content (AvgIpc) is 3.53. The first-order valence-corrected chi connectivity index (χ1v) is 13.0. The Morgan fingerprint density at radius 2 is 1.60 bits per heavy atom. The average molecular weight is 512 g/mol. The van der Waals surface area contributed by atoms with E-state index in [0.29, 0.717) is 6.42 Å². The van der Waals surface area contributed by atoms with Crippen molar-refractivity contribution in [3.8, 4) is 0 Å². The Kier molecular flexibility index (Phi) is 10.0. The number of halogens is 2. The van der Waals surface area contributed by atoms with E-state index >= 15 is 4.39 Å². The molecular formula is C22H31F2N6O4P. The number of phosphoric acid groups is 1. The highest BCUT2D eigenvalue weighted by atomic mass is 31.2. The number of hydrogen-bond acceptors (Lipinski definition) is 8. The van der Waals surface area contributed by atoms with Crippen molar-refractivity contribution in [2.45, 2.75) is 64.1 Å². The van der Waals surface area contributed by atoms with Crippen LogP contribution in [0.1, 0.15) is 51.0 Å². The molecule has 1 aromatic carbocycles. The first-order valence-electron chi connectivity index (χ1n) is 11.5. The largest absolute Gasteiger partial charge is 0.475 e. The predicted octanol–water partition coefficient (Wildman–Crippen LogP) is 4.89. The molecule has 2 heterocycles. The van der Waals surface area contributed by atoms with Gasteiger partial charge >= 0.3 is 7.82 Å². The summed E-state index contributed by atoms with van der Waals surface area (Å²) in [5, 5.41) is 8.16. The van der Waals surface area contributed by atoms with E-state index in [-0.39, 0.29) is 25.3 Å². The number of rotatable bonds is 16. The second-order valence-corrected chi connectivity index (χ2v) is 9.83. The molecule has 0 bridgehead atoms. The summed E-state index contributed by atoms with van der Waals surface area (Å²) in [6.45, 7) is 1.97. The minimum absolute atomic E-state index is 0.0784. The van der Waals surface area contributed by atoms with Crippen molar-refractivity contribution in [2.24, 2.45) is 0 Å². The van der Waals surface area contributed by atoms with Gasteiger partial charge in [-0.1, -0.05) is 45.1 Å². The van der Waals surface area contributed by atoms with E-state index in [2.05, 4.69) is 27.1 Å². The molecule has 0 radical (unpaired) electrons. The first kappa shape index (κ1) is 27.1. The van der Waals surface area contributed by atoms with E-state index in [0.717, 1.165) is 44.2 Å². The molecule has 3 aromatic rings. The molecule has 0 spiro atoms. The number of nitrogens with zero attached hydrogens (tertiary/aromatic N) is 6. The zero-order valence-electron chi connectivity index (χ0n) is 19.9. The lowest BCUT2D eigenvalue weighted by Crippen LogP contribution is -2.40. The molecule has 35 heavy (non-hydrogen) atoms. The minimum Gasteiger partial charge on any atom is -0.290 e. The van der Waals surface area contributed by atoms with Crippen LogP contribution in [-0.4, -0.2) is 43.2 Å². The van der Waals surface area contributed by atoms with E-state index < -0.39 is 25.1 Å². The van der Waals surface area contributed by atoms with Crippen molar-refractivity contribution >= 4 is 7.82 Å². The maximum atomic E-state index is 15.2. The Balaban J connectivity index is 1.91. The fourth-order valence-corrected chi connectivity index (χ4v) is 4.95. The highest BCUT2D eigenvalue weighted by Gasteiger charge is 2.45. The number of unbranched alkanes of at least 4 members (excludes halogenated alkanes) is 5. The van der Waals surface area contributed by atoms with E-state index in [1.54, 1.807) is 0 Å². The van der Waals surface area contributed by atoms with Crippen molar-refractivity contribution in [2.75, 3.05) is 13.7 Å². The molecule has 0 aliphatic rings. The van der Waals surface area contributed by atoms with Gasteiger partial charge in [-0.3, -0.25) is 13.6 Å². The van der Waals surface area contributed by atoms with Gasteiger partial charge in [-0.25, -0.2) is 32.7 Å².